The molecule has 0 fully saturated rings. The summed E-state index contributed by atoms with van der Waals surface area (Å²) in [7, 11) is 0. The molecule has 0 unspecified atom stereocenters. The number of hydrogen-bond donors (Lipinski definition) is 3. The van der Waals surface area contributed by atoms with E-state index in [1.54, 1.807) is 37.9 Å². The van der Waals surface area contributed by atoms with Gasteiger partial charge in [-0.05, 0) is 36.4 Å². The van der Waals surface area contributed by atoms with Crippen molar-refractivity contribution in [3.05, 3.63) is 73.4 Å². The Morgan fingerprint density at radius 1 is 0.943 bits per heavy atom. The SMILES string of the molecule is CCC(=O)Nc1cncc(-c2cc3c(-c4cc5c(-c6ccccn6)ccnc5[nH]4)n[nH]c3cn2)c1. The van der Waals surface area contributed by atoms with Crippen molar-refractivity contribution in [1.82, 2.24) is 35.1 Å². The third kappa shape index (κ3) is 3.78. The Kier molecular flexibility index (Phi) is 4.99. The summed E-state index contributed by atoms with van der Waals surface area (Å²) < 4.78 is 0. The highest BCUT2D eigenvalue weighted by atomic mass is 16.1. The molecule has 1 amide bonds. The molecule has 0 saturated heterocycles. The topological polar surface area (TPSA) is 125 Å². The Morgan fingerprint density at radius 3 is 2.74 bits per heavy atom. The predicted octanol–water partition coefficient (Wildman–Crippen LogP) is 4.97. The molecule has 170 valence electrons. The molecule has 0 aromatic carbocycles. The first-order valence-electron chi connectivity index (χ1n) is 11.2. The molecule has 0 radical (unpaired) electrons. The summed E-state index contributed by atoms with van der Waals surface area (Å²) in [6.07, 6.45) is 9.04. The largest absolute Gasteiger partial charge is 0.338 e. The monoisotopic (exact) mass is 460 g/mol. The van der Waals surface area contributed by atoms with Crippen molar-refractivity contribution in [2.75, 3.05) is 5.32 Å². The number of aromatic nitrogens is 7. The van der Waals surface area contributed by atoms with Crippen LogP contribution >= 0.6 is 0 Å². The summed E-state index contributed by atoms with van der Waals surface area (Å²) in [5.74, 6) is -0.0676. The number of fused-ring (bicyclic) bond motifs is 2. The molecule has 6 heterocycles. The molecule has 0 aliphatic rings. The number of carbonyl (C=O) groups is 1. The molecule has 9 heteroatoms. The summed E-state index contributed by atoms with van der Waals surface area (Å²) in [6.45, 7) is 1.81. The van der Waals surface area contributed by atoms with Gasteiger partial charge in [0.1, 0.15) is 11.3 Å². The molecule has 3 N–H and O–H groups in total. The number of aromatic amines is 2. The van der Waals surface area contributed by atoms with E-state index in [0.29, 0.717) is 12.1 Å². The van der Waals surface area contributed by atoms with Crippen molar-refractivity contribution in [2.24, 2.45) is 0 Å². The van der Waals surface area contributed by atoms with Crippen LogP contribution in [0.15, 0.2) is 73.4 Å². The second kappa shape index (κ2) is 8.45. The average molecular weight is 461 g/mol. The lowest BCUT2D eigenvalue weighted by molar-refractivity contribution is -0.115. The van der Waals surface area contributed by atoms with Gasteiger partial charge in [0.05, 0.1) is 40.7 Å². The van der Waals surface area contributed by atoms with Crippen LogP contribution in [0.2, 0.25) is 0 Å². The van der Waals surface area contributed by atoms with Crippen LogP contribution in [0.5, 0.6) is 0 Å². The van der Waals surface area contributed by atoms with Gasteiger partial charge < -0.3 is 10.3 Å². The van der Waals surface area contributed by atoms with Crippen LogP contribution in [0.3, 0.4) is 0 Å². The van der Waals surface area contributed by atoms with Crippen LogP contribution in [-0.2, 0) is 4.79 Å². The third-order valence-corrected chi connectivity index (χ3v) is 5.81. The Morgan fingerprint density at radius 2 is 1.89 bits per heavy atom. The van der Waals surface area contributed by atoms with E-state index in [1.165, 1.54) is 0 Å². The van der Waals surface area contributed by atoms with Gasteiger partial charge in [0.25, 0.3) is 0 Å². The number of nitrogens with one attached hydrogen (secondary N) is 3. The van der Waals surface area contributed by atoms with Gasteiger partial charge in [-0.15, -0.1) is 0 Å². The van der Waals surface area contributed by atoms with Gasteiger partial charge in [0.15, 0.2) is 0 Å². The second-order valence-electron chi connectivity index (χ2n) is 8.07. The van der Waals surface area contributed by atoms with Gasteiger partial charge in [-0.1, -0.05) is 13.0 Å². The molecule has 0 aliphatic carbocycles. The summed E-state index contributed by atoms with van der Waals surface area (Å²) in [4.78, 5) is 33.0. The fourth-order valence-electron chi connectivity index (χ4n) is 4.08. The zero-order valence-corrected chi connectivity index (χ0v) is 18.8. The van der Waals surface area contributed by atoms with E-state index < -0.39 is 0 Å². The number of H-pyrrole nitrogens is 2. The summed E-state index contributed by atoms with van der Waals surface area (Å²) >= 11 is 0. The molecule has 6 rings (SSSR count). The number of pyridine rings is 4. The highest BCUT2D eigenvalue weighted by Crippen LogP contribution is 2.33. The van der Waals surface area contributed by atoms with Crippen molar-refractivity contribution in [2.45, 2.75) is 13.3 Å². The lowest BCUT2D eigenvalue weighted by atomic mass is 10.1. The molecule has 0 bridgehead atoms. The van der Waals surface area contributed by atoms with Crippen LogP contribution in [0, 0.1) is 0 Å². The first kappa shape index (κ1) is 20.7. The van der Waals surface area contributed by atoms with Crippen molar-refractivity contribution >= 4 is 33.5 Å². The number of nitrogens with zero attached hydrogens (tertiary/aromatic N) is 5. The molecule has 0 aliphatic heterocycles. The molecular formula is C26H20N8O. The van der Waals surface area contributed by atoms with Crippen molar-refractivity contribution in [3.63, 3.8) is 0 Å². The molecule has 6 aromatic heterocycles. The minimum atomic E-state index is -0.0676. The van der Waals surface area contributed by atoms with E-state index in [4.69, 9.17) is 0 Å². The van der Waals surface area contributed by atoms with Gasteiger partial charge in [-0.25, -0.2) is 4.98 Å². The first-order valence-corrected chi connectivity index (χ1v) is 11.2. The van der Waals surface area contributed by atoms with Crippen LogP contribution < -0.4 is 5.32 Å². The lowest BCUT2D eigenvalue weighted by Gasteiger charge is -2.06. The molecule has 35 heavy (non-hydrogen) atoms. The van der Waals surface area contributed by atoms with Crippen LogP contribution in [0.4, 0.5) is 5.69 Å². The smallest absolute Gasteiger partial charge is 0.224 e. The average Bonchev–Trinajstić information content (AvgIpc) is 3.53. The Bertz CT molecular complexity index is 1690. The number of rotatable bonds is 5. The van der Waals surface area contributed by atoms with E-state index in [0.717, 1.165) is 55.8 Å². The zero-order chi connectivity index (χ0) is 23.8. The number of amides is 1. The maximum absolute atomic E-state index is 11.8. The Hall–Kier alpha value is -4.92. The molecular weight excluding hydrogens is 440 g/mol. The highest BCUT2D eigenvalue weighted by Gasteiger charge is 2.16. The standard InChI is InChI=1S/C26H20N8O/c1-2-24(35)31-16-9-15(12-27-13-16)21-11-19-23(14-30-21)33-34-25(19)22-10-18-17(6-8-29-26(18)32-22)20-5-3-4-7-28-20/h3-14H,2H2,1H3,(H,29,32)(H,31,35)(H,33,34). The van der Waals surface area contributed by atoms with Gasteiger partial charge in [-0.3, -0.25) is 24.8 Å². The first-order chi connectivity index (χ1) is 17.2. The van der Waals surface area contributed by atoms with E-state index in [-0.39, 0.29) is 5.91 Å². The highest BCUT2D eigenvalue weighted by molar-refractivity contribution is 6.00. The van der Waals surface area contributed by atoms with E-state index in [9.17, 15) is 4.79 Å². The zero-order valence-electron chi connectivity index (χ0n) is 18.8. The maximum atomic E-state index is 11.8. The van der Waals surface area contributed by atoms with Crippen molar-refractivity contribution in [1.29, 1.82) is 0 Å². The quantitative estimate of drug-likeness (QED) is 0.333. The third-order valence-electron chi connectivity index (χ3n) is 5.81. The van der Waals surface area contributed by atoms with Gasteiger partial charge in [0.2, 0.25) is 5.91 Å². The van der Waals surface area contributed by atoms with Crippen LogP contribution in [-0.4, -0.2) is 41.0 Å². The van der Waals surface area contributed by atoms with E-state index in [2.05, 4.69) is 40.4 Å². The number of carbonyl (C=O) groups excluding carboxylic acids is 1. The summed E-state index contributed by atoms with van der Waals surface area (Å²) in [5.41, 5.74) is 7.20. The fraction of sp³-hybridized carbons (Fsp3) is 0.0769. The summed E-state index contributed by atoms with van der Waals surface area (Å²) in [6, 6.07) is 13.7. The lowest BCUT2D eigenvalue weighted by Crippen LogP contribution is -2.09. The van der Waals surface area contributed by atoms with Crippen molar-refractivity contribution < 1.29 is 4.79 Å². The Labute approximate surface area is 199 Å². The predicted molar refractivity (Wildman–Crippen MR) is 134 cm³/mol. The van der Waals surface area contributed by atoms with E-state index >= 15 is 0 Å². The number of anilines is 1. The molecule has 6 aromatic rings. The van der Waals surface area contributed by atoms with Gasteiger partial charge in [0, 0.05) is 46.9 Å². The minimum Gasteiger partial charge on any atom is -0.338 e. The molecule has 9 nitrogen and oxygen atoms in total. The normalized spacial score (nSPS) is 11.2. The van der Waals surface area contributed by atoms with Crippen LogP contribution in [0.1, 0.15) is 13.3 Å². The minimum absolute atomic E-state index is 0.0676. The van der Waals surface area contributed by atoms with Crippen LogP contribution in [0.25, 0.3) is 55.8 Å². The molecule has 0 saturated carbocycles. The maximum Gasteiger partial charge on any atom is 0.224 e. The molecule has 0 atom stereocenters. The van der Waals surface area contributed by atoms with E-state index in [1.807, 2.05) is 42.5 Å². The fourth-order valence-corrected chi connectivity index (χ4v) is 4.08. The Balaban J connectivity index is 1.43. The van der Waals surface area contributed by atoms with Crippen molar-refractivity contribution in [3.8, 4) is 33.9 Å². The molecule has 0 spiro atoms. The second-order valence-corrected chi connectivity index (χ2v) is 8.07. The summed E-state index contributed by atoms with van der Waals surface area (Å²) in [5, 5.41) is 12.3. The van der Waals surface area contributed by atoms with Gasteiger partial charge >= 0.3 is 0 Å². The van der Waals surface area contributed by atoms with Gasteiger partial charge in [-0.2, -0.15) is 5.10 Å². The number of hydrogen-bond acceptors (Lipinski definition) is 6.